The first kappa shape index (κ1) is 25.9. The van der Waals surface area contributed by atoms with E-state index in [0.717, 1.165) is 28.1 Å². The van der Waals surface area contributed by atoms with Gasteiger partial charge in [-0.15, -0.1) is 0 Å². The molecule has 1 aliphatic heterocycles. The first-order chi connectivity index (χ1) is 17.2. The fourth-order valence-corrected chi connectivity index (χ4v) is 5.64. The van der Waals surface area contributed by atoms with Gasteiger partial charge in [-0.2, -0.15) is 0 Å². The first-order valence-corrected chi connectivity index (χ1v) is 13.0. The SMILES string of the molecule is COc1cc(/C=C2\SC(=S)N(c3ccccc3)C2=O)cc(Br)c1OCC(=O)Nc1cc(C)cc(C)c1. The summed E-state index contributed by atoms with van der Waals surface area (Å²) in [6.07, 6.45) is 1.76. The number of hydrogen-bond donors (Lipinski definition) is 1. The average Bonchev–Trinajstić information content (AvgIpc) is 3.10. The largest absolute Gasteiger partial charge is 0.493 e. The van der Waals surface area contributed by atoms with Gasteiger partial charge in [-0.05, 0) is 88.9 Å². The van der Waals surface area contributed by atoms with Crippen molar-refractivity contribution >= 4 is 73.5 Å². The molecule has 1 saturated heterocycles. The molecular formula is C27H23BrN2O4S2. The van der Waals surface area contributed by atoms with Crippen LogP contribution in [0.3, 0.4) is 0 Å². The van der Waals surface area contributed by atoms with Crippen LogP contribution in [0.4, 0.5) is 11.4 Å². The van der Waals surface area contributed by atoms with Crippen molar-refractivity contribution in [3.8, 4) is 11.5 Å². The van der Waals surface area contributed by atoms with E-state index in [0.29, 0.717) is 25.2 Å². The fraction of sp³-hybridized carbons (Fsp3) is 0.148. The molecule has 0 radical (unpaired) electrons. The Morgan fingerprint density at radius 1 is 1.11 bits per heavy atom. The minimum atomic E-state index is -0.289. The van der Waals surface area contributed by atoms with Crippen LogP contribution in [-0.4, -0.2) is 29.9 Å². The Bertz CT molecular complexity index is 1360. The van der Waals surface area contributed by atoms with E-state index in [9.17, 15) is 9.59 Å². The molecule has 3 aromatic carbocycles. The summed E-state index contributed by atoms with van der Waals surface area (Å²) in [7, 11) is 1.52. The lowest BCUT2D eigenvalue weighted by atomic mass is 10.1. The van der Waals surface area contributed by atoms with E-state index in [2.05, 4.69) is 21.2 Å². The molecule has 0 spiro atoms. The predicted molar refractivity (Wildman–Crippen MR) is 153 cm³/mol. The summed E-state index contributed by atoms with van der Waals surface area (Å²) in [6.45, 7) is 3.75. The normalized spacial score (nSPS) is 14.3. The number of halogens is 1. The van der Waals surface area contributed by atoms with E-state index in [1.807, 2.05) is 62.4 Å². The van der Waals surface area contributed by atoms with Crippen LogP contribution in [0.15, 0.2) is 70.0 Å². The highest BCUT2D eigenvalue weighted by Crippen LogP contribution is 2.40. The number of methoxy groups -OCH3 is 1. The van der Waals surface area contributed by atoms with E-state index >= 15 is 0 Å². The number of rotatable bonds is 7. The highest BCUT2D eigenvalue weighted by atomic mass is 79.9. The standard InChI is InChI=1S/C27H23BrN2O4S2/c1-16-9-17(2)11-19(10-16)29-24(31)15-34-25-21(28)12-18(13-22(25)33-3)14-23-26(32)30(27(35)36-23)20-7-5-4-6-8-20/h4-14H,15H2,1-3H3,(H,29,31)/b23-14-. The van der Waals surface area contributed by atoms with Crippen molar-refractivity contribution in [1.29, 1.82) is 0 Å². The van der Waals surface area contributed by atoms with E-state index in [4.69, 9.17) is 21.7 Å². The minimum Gasteiger partial charge on any atom is -0.493 e. The van der Waals surface area contributed by atoms with Crippen LogP contribution in [0, 0.1) is 13.8 Å². The van der Waals surface area contributed by atoms with Crippen LogP contribution in [0.1, 0.15) is 16.7 Å². The van der Waals surface area contributed by atoms with Crippen molar-refractivity contribution in [1.82, 2.24) is 0 Å². The summed E-state index contributed by atoms with van der Waals surface area (Å²) < 4.78 is 12.4. The van der Waals surface area contributed by atoms with Gasteiger partial charge in [0, 0.05) is 5.69 Å². The lowest BCUT2D eigenvalue weighted by Gasteiger charge is -2.14. The number of ether oxygens (including phenoxy) is 2. The second-order valence-electron chi connectivity index (χ2n) is 8.10. The molecule has 36 heavy (non-hydrogen) atoms. The van der Waals surface area contributed by atoms with Gasteiger partial charge >= 0.3 is 0 Å². The van der Waals surface area contributed by atoms with Crippen molar-refractivity contribution in [3.63, 3.8) is 0 Å². The molecule has 1 aliphatic rings. The molecule has 0 unspecified atom stereocenters. The molecule has 0 atom stereocenters. The van der Waals surface area contributed by atoms with Crippen molar-refractivity contribution in [2.45, 2.75) is 13.8 Å². The maximum atomic E-state index is 13.0. The van der Waals surface area contributed by atoms with E-state index in [1.54, 1.807) is 18.2 Å². The van der Waals surface area contributed by atoms with Crippen molar-refractivity contribution in [2.75, 3.05) is 23.9 Å². The van der Waals surface area contributed by atoms with Gasteiger partial charge in [0.15, 0.2) is 22.4 Å². The number of carbonyl (C=O) groups excluding carboxylic acids is 2. The topological polar surface area (TPSA) is 67.9 Å². The Morgan fingerprint density at radius 3 is 2.47 bits per heavy atom. The maximum Gasteiger partial charge on any atom is 0.270 e. The molecule has 6 nitrogen and oxygen atoms in total. The van der Waals surface area contributed by atoms with Crippen molar-refractivity contribution < 1.29 is 19.1 Å². The Kier molecular flexibility index (Phi) is 8.13. The third kappa shape index (κ3) is 5.98. The Morgan fingerprint density at radius 2 is 1.81 bits per heavy atom. The number of para-hydroxylation sites is 1. The van der Waals surface area contributed by atoms with E-state index < -0.39 is 0 Å². The average molecular weight is 584 g/mol. The monoisotopic (exact) mass is 582 g/mol. The van der Waals surface area contributed by atoms with Gasteiger partial charge in [0.1, 0.15) is 0 Å². The maximum absolute atomic E-state index is 13.0. The van der Waals surface area contributed by atoms with Crippen LogP contribution < -0.4 is 19.7 Å². The molecule has 1 N–H and O–H groups in total. The lowest BCUT2D eigenvalue weighted by Crippen LogP contribution is -2.27. The number of thioether (sulfide) groups is 1. The zero-order valence-corrected chi connectivity index (χ0v) is 23.1. The second-order valence-corrected chi connectivity index (χ2v) is 10.6. The number of nitrogens with one attached hydrogen (secondary N) is 1. The highest BCUT2D eigenvalue weighted by Gasteiger charge is 2.33. The molecule has 0 saturated carbocycles. The summed E-state index contributed by atoms with van der Waals surface area (Å²) in [6, 6.07) is 18.7. The van der Waals surface area contributed by atoms with E-state index in [-0.39, 0.29) is 18.4 Å². The minimum absolute atomic E-state index is 0.185. The number of carbonyl (C=O) groups is 2. The molecule has 4 rings (SSSR count). The Labute approximate surface area is 227 Å². The summed E-state index contributed by atoms with van der Waals surface area (Å²) in [4.78, 5) is 27.5. The molecule has 9 heteroatoms. The van der Waals surface area contributed by atoms with Gasteiger partial charge in [-0.1, -0.05) is 48.2 Å². The number of anilines is 2. The van der Waals surface area contributed by atoms with Crippen LogP contribution in [0.25, 0.3) is 6.08 Å². The van der Waals surface area contributed by atoms with Gasteiger partial charge in [0.2, 0.25) is 0 Å². The van der Waals surface area contributed by atoms with Gasteiger partial charge < -0.3 is 14.8 Å². The molecule has 1 heterocycles. The number of benzene rings is 3. The molecule has 2 amide bonds. The molecule has 0 bridgehead atoms. The fourth-order valence-electron chi connectivity index (χ4n) is 3.76. The molecule has 3 aromatic rings. The lowest BCUT2D eigenvalue weighted by molar-refractivity contribution is -0.118. The highest BCUT2D eigenvalue weighted by molar-refractivity contribution is 9.10. The van der Waals surface area contributed by atoms with Gasteiger partial charge in [-0.25, -0.2) is 0 Å². The number of aryl methyl sites for hydroxylation is 2. The van der Waals surface area contributed by atoms with Gasteiger partial charge in [0.25, 0.3) is 11.8 Å². The summed E-state index contributed by atoms with van der Waals surface area (Å²) in [5.41, 5.74) is 4.29. The van der Waals surface area contributed by atoms with E-state index in [1.165, 1.54) is 23.8 Å². The number of hydrogen-bond acceptors (Lipinski definition) is 6. The number of thiocarbonyl (C=S) groups is 1. The second kappa shape index (κ2) is 11.3. The van der Waals surface area contributed by atoms with Crippen molar-refractivity contribution in [2.24, 2.45) is 0 Å². The van der Waals surface area contributed by atoms with Crippen LogP contribution in [0.5, 0.6) is 11.5 Å². The molecule has 0 aromatic heterocycles. The van der Waals surface area contributed by atoms with Gasteiger partial charge in [0.05, 0.1) is 22.2 Å². The number of nitrogens with zero attached hydrogens (tertiary/aromatic N) is 1. The quantitative estimate of drug-likeness (QED) is 0.253. The van der Waals surface area contributed by atoms with Crippen molar-refractivity contribution in [3.05, 3.63) is 86.7 Å². The Balaban J connectivity index is 1.49. The molecular weight excluding hydrogens is 560 g/mol. The van der Waals surface area contributed by atoms with Crippen LogP contribution in [-0.2, 0) is 9.59 Å². The van der Waals surface area contributed by atoms with Crippen LogP contribution in [0.2, 0.25) is 0 Å². The number of amides is 2. The summed E-state index contributed by atoms with van der Waals surface area (Å²) in [5.74, 6) is 0.340. The summed E-state index contributed by atoms with van der Waals surface area (Å²) >= 11 is 10.2. The Hall–Kier alpha value is -3.14. The zero-order valence-electron chi connectivity index (χ0n) is 19.8. The smallest absolute Gasteiger partial charge is 0.270 e. The predicted octanol–water partition coefficient (Wildman–Crippen LogP) is 6.50. The summed E-state index contributed by atoms with van der Waals surface area (Å²) in [5, 5.41) is 2.85. The molecule has 1 fully saturated rings. The molecule has 184 valence electrons. The third-order valence-corrected chi connectivity index (χ3v) is 7.10. The third-order valence-electron chi connectivity index (χ3n) is 5.21. The molecule has 0 aliphatic carbocycles. The van der Waals surface area contributed by atoms with Crippen LogP contribution >= 0.6 is 39.9 Å². The first-order valence-electron chi connectivity index (χ1n) is 11.0. The van der Waals surface area contributed by atoms with Gasteiger partial charge in [-0.3, -0.25) is 14.5 Å². The zero-order chi connectivity index (χ0) is 25.8.